The Labute approximate surface area is 198 Å². The van der Waals surface area contributed by atoms with E-state index in [1.165, 1.54) is 89.0 Å². The summed E-state index contributed by atoms with van der Waals surface area (Å²) in [5.41, 5.74) is 1.30. The van der Waals surface area contributed by atoms with E-state index in [1.807, 2.05) is 0 Å². The molecule has 3 fully saturated rings. The minimum Gasteiger partial charge on any atom is -0.241 e. The summed E-state index contributed by atoms with van der Waals surface area (Å²) in [5, 5.41) is 0. The average Bonchev–Trinajstić information content (AvgIpc) is 2.86. The number of aryl methyl sites for hydroxylation is 1. The van der Waals surface area contributed by atoms with E-state index < -0.39 is 0 Å². The first-order valence-corrected chi connectivity index (χ1v) is 14.6. The molecular formula is C30H50N2. The molecular weight excluding hydrogens is 388 g/mol. The number of hydrogen-bond donors (Lipinski definition) is 0. The van der Waals surface area contributed by atoms with Crippen LogP contribution in [0.4, 0.5) is 0 Å². The smallest absolute Gasteiger partial charge is 0.131 e. The summed E-state index contributed by atoms with van der Waals surface area (Å²) >= 11 is 0. The van der Waals surface area contributed by atoms with Gasteiger partial charge >= 0.3 is 0 Å². The lowest BCUT2D eigenvalue weighted by atomic mass is 9.65. The lowest BCUT2D eigenvalue weighted by Crippen LogP contribution is -2.29. The Hall–Kier alpha value is -0.920. The van der Waals surface area contributed by atoms with Crippen LogP contribution in [-0.2, 0) is 6.42 Å². The number of aromatic nitrogens is 2. The summed E-state index contributed by atoms with van der Waals surface area (Å²) in [5.74, 6) is 6.95. The molecule has 4 rings (SSSR count). The Morgan fingerprint density at radius 1 is 0.625 bits per heavy atom. The van der Waals surface area contributed by atoms with Crippen LogP contribution in [-0.4, -0.2) is 9.97 Å². The Bertz CT molecular complexity index is 629. The van der Waals surface area contributed by atoms with Crippen LogP contribution in [0, 0.1) is 29.6 Å². The molecule has 3 saturated carbocycles. The molecule has 3 aliphatic rings. The van der Waals surface area contributed by atoms with E-state index in [-0.39, 0.29) is 0 Å². The molecule has 0 saturated heterocycles. The van der Waals surface area contributed by atoms with Crippen molar-refractivity contribution in [3.05, 3.63) is 23.8 Å². The van der Waals surface area contributed by atoms with Crippen LogP contribution in [0.25, 0.3) is 0 Å². The minimum atomic E-state index is 0.616. The summed E-state index contributed by atoms with van der Waals surface area (Å²) < 4.78 is 0. The topological polar surface area (TPSA) is 25.8 Å². The third-order valence-corrected chi connectivity index (χ3v) is 9.66. The van der Waals surface area contributed by atoms with Crippen LogP contribution in [0.15, 0.2) is 12.4 Å². The quantitative estimate of drug-likeness (QED) is 0.360. The first-order chi connectivity index (χ1) is 15.8. The maximum Gasteiger partial charge on any atom is 0.131 e. The predicted octanol–water partition coefficient (Wildman–Crippen LogP) is 8.90. The van der Waals surface area contributed by atoms with Gasteiger partial charge in [-0.1, -0.05) is 58.8 Å². The van der Waals surface area contributed by atoms with Crippen LogP contribution >= 0.6 is 0 Å². The molecule has 32 heavy (non-hydrogen) atoms. The van der Waals surface area contributed by atoms with Crippen LogP contribution in [0.3, 0.4) is 0 Å². The maximum absolute atomic E-state index is 4.74. The predicted molar refractivity (Wildman–Crippen MR) is 136 cm³/mol. The summed E-state index contributed by atoms with van der Waals surface area (Å²) in [6.45, 7) is 4.56. The third-order valence-electron chi connectivity index (χ3n) is 9.66. The lowest BCUT2D eigenvalue weighted by molar-refractivity contribution is 0.108. The molecule has 0 atom stereocenters. The molecule has 0 radical (unpaired) electrons. The molecule has 2 heteroatoms. The van der Waals surface area contributed by atoms with Gasteiger partial charge in [-0.15, -0.1) is 0 Å². The van der Waals surface area contributed by atoms with E-state index in [0.717, 1.165) is 41.8 Å². The van der Waals surface area contributed by atoms with Crippen molar-refractivity contribution in [1.82, 2.24) is 9.97 Å². The molecule has 0 amide bonds. The van der Waals surface area contributed by atoms with Crippen molar-refractivity contribution in [2.75, 3.05) is 0 Å². The first kappa shape index (κ1) is 24.2. The monoisotopic (exact) mass is 438 g/mol. The van der Waals surface area contributed by atoms with Crippen molar-refractivity contribution in [2.24, 2.45) is 29.6 Å². The summed E-state index contributed by atoms with van der Waals surface area (Å²) in [4.78, 5) is 9.47. The van der Waals surface area contributed by atoms with E-state index >= 15 is 0 Å². The largest absolute Gasteiger partial charge is 0.241 e. The molecule has 0 unspecified atom stereocenters. The number of hydrogen-bond acceptors (Lipinski definition) is 2. The highest BCUT2D eigenvalue weighted by Crippen LogP contribution is 2.47. The zero-order valence-corrected chi connectivity index (χ0v) is 21.2. The fourth-order valence-electron chi connectivity index (χ4n) is 7.56. The van der Waals surface area contributed by atoms with Crippen molar-refractivity contribution in [3.63, 3.8) is 0 Å². The van der Waals surface area contributed by atoms with Gasteiger partial charge in [0.2, 0.25) is 0 Å². The molecule has 0 bridgehead atoms. The van der Waals surface area contributed by atoms with Gasteiger partial charge in [0, 0.05) is 18.3 Å². The van der Waals surface area contributed by atoms with Gasteiger partial charge in [0.05, 0.1) is 0 Å². The Morgan fingerprint density at radius 2 is 1.12 bits per heavy atom. The summed E-state index contributed by atoms with van der Waals surface area (Å²) in [6, 6.07) is 0. The molecule has 1 aromatic rings. The van der Waals surface area contributed by atoms with Gasteiger partial charge in [-0.25, -0.2) is 9.97 Å². The van der Waals surface area contributed by atoms with Gasteiger partial charge in [0.1, 0.15) is 5.82 Å². The lowest BCUT2D eigenvalue weighted by Gasteiger charge is -2.41. The van der Waals surface area contributed by atoms with Crippen molar-refractivity contribution in [3.8, 4) is 0 Å². The van der Waals surface area contributed by atoms with Crippen molar-refractivity contribution in [2.45, 2.75) is 135 Å². The molecule has 0 aromatic carbocycles. The molecule has 0 N–H and O–H groups in total. The van der Waals surface area contributed by atoms with Crippen LogP contribution in [0.1, 0.15) is 140 Å². The molecule has 1 heterocycles. The fourth-order valence-corrected chi connectivity index (χ4v) is 7.56. The standard InChI is InChI=1S/C30H50N2/c1-3-5-6-8-23-9-11-25(12-10-23)26-13-15-27(16-14-26)28-17-19-29(20-18-28)30-31-21-24(7-4-2)22-32-30/h21-23,25-29H,3-20H2,1-2H3/t23-,25-,26-,27-,28-,29-. The average molecular weight is 439 g/mol. The minimum absolute atomic E-state index is 0.616. The molecule has 0 aliphatic heterocycles. The van der Waals surface area contributed by atoms with Gasteiger partial charge in [-0.05, 0) is 106 Å². The second kappa shape index (κ2) is 12.5. The Balaban J connectivity index is 1.15. The second-order valence-corrected chi connectivity index (χ2v) is 11.8. The van der Waals surface area contributed by atoms with Crippen LogP contribution in [0.2, 0.25) is 0 Å². The van der Waals surface area contributed by atoms with Gasteiger partial charge in [0.25, 0.3) is 0 Å². The normalized spacial score (nSPS) is 33.8. The van der Waals surface area contributed by atoms with E-state index in [1.54, 1.807) is 25.7 Å². The Morgan fingerprint density at radius 3 is 1.62 bits per heavy atom. The SMILES string of the molecule is CCCCC[C@H]1CC[C@H]([C@H]2CC[C@H]([C@H]3CC[C@H](c4ncc(CCC)cn4)CC3)CC2)CC1. The van der Waals surface area contributed by atoms with Crippen molar-refractivity contribution >= 4 is 0 Å². The third kappa shape index (κ3) is 6.57. The van der Waals surface area contributed by atoms with Gasteiger partial charge in [0.15, 0.2) is 0 Å². The van der Waals surface area contributed by atoms with Crippen LogP contribution in [0.5, 0.6) is 0 Å². The first-order valence-electron chi connectivity index (χ1n) is 14.6. The molecule has 180 valence electrons. The molecule has 3 aliphatic carbocycles. The second-order valence-electron chi connectivity index (χ2n) is 11.8. The molecule has 2 nitrogen and oxygen atoms in total. The van der Waals surface area contributed by atoms with Gasteiger partial charge in [-0.2, -0.15) is 0 Å². The van der Waals surface area contributed by atoms with Gasteiger partial charge in [-0.3, -0.25) is 0 Å². The highest BCUT2D eigenvalue weighted by Gasteiger charge is 2.35. The van der Waals surface area contributed by atoms with E-state index in [2.05, 4.69) is 26.2 Å². The highest BCUT2D eigenvalue weighted by molar-refractivity contribution is 5.08. The number of nitrogens with zero attached hydrogens (tertiary/aromatic N) is 2. The van der Waals surface area contributed by atoms with E-state index in [4.69, 9.17) is 9.97 Å². The summed E-state index contributed by atoms with van der Waals surface area (Å²) in [7, 11) is 0. The number of unbranched alkanes of at least 4 members (excludes halogenated alkanes) is 2. The van der Waals surface area contributed by atoms with E-state index in [0.29, 0.717) is 5.92 Å². The van der Waals surface area contributed by atoms with Crippen molar-refractivity contribution in [1.29, 1.82) is 0 Å². The molecule has 1 aromatic heterocycles. The fraction of sp³-hybridized carbons (Fsp3) is 0.867. The van der Waals surface area contributed by atoms with Crippen molar-refractivity contribution < 1.29 is 0 Å². The Kier molecular flexibility index (Phi) is 9.47. The van der Waals surface area contributed by atoms with E-state index in [9.17, 15) is 0 Å². The summed E-state index contributed by atoms with van der Waals surface area (Å²) in [6.07, 6.45) is 30.1. The number of rotatable bonds is 9. The zero-order valence-electron chi connectivity index (χ0n) is 21.2. The molecule has 0 spiro atoms. The van der Waals surface area contributed by atoms with Crippen LogP contribution < -0.4 is 0 Å². The zero-order chi connectivity index (χ0) is 22.2. The van der Waals surface area contributed by atoms with Gasteiger partial charge < -0.3 is 0 Å². The highest BCUT2D eigenvalue weighted by atomic mass is 14.9. The maximum atomic E-state index is 4.74.